The SMILES string of the molecule is CCC[C@@H](C)C(CO)=Nc1nc(N)nc2cccc(F)c12. The number of nitrogen functional groups attached to an aromatic ring is 1. The van der Waals surface area contributed by atoms with Crippen molar-refractivity contribution in [3.05, 3.63) is 24.0 Å². The van der Waals surface area contributed by atoms with Crippen LogP contribution in [0.15, 0.2) is 23.2 Å². The molecule has 6 heteroatoms. The Bertz CT molecular complexity index is 672. The van der Waals surface area contributed by atoms with Crippen molar-refractivity contribution in [1.29, 1.82) is 0 Å². The number of aliphatic hydroxyl groups is 1. The number of nitrogens with zero attached hydrogens (tertiary/aromatic N) is 3. The van der Waals surface area contributed by atoms with Crippen molar-refractivity contribution < 1.29 is 9.50 Å². The van der Waals surface area contributed by atoms with Gasteiger partial charge in [0.2, 0.25) is 5.95 Å². The molecule has 0 unspecified atom stereocenters. The van der Waals surface area contributed by atoms with Gasteiger partial charge in [0.1, 0.15) is 5.82 Å². The number of hydrogen-bond acceptors (Lipinski definition) is 5. The molecule has 0 fully saturated rings. The van der Waals surface area contributed by atoms with Crippen molar-refractivity contribution in [3.8, 4) is 0 Å². The molecule has 1 aromatic heterocycles. The quantitative estimate of drug-likeness (QED) is 0.829. The van der Waals surface area contributed by atoms with Crippen molar-refractivity contribution in [3.63, 3.8) is 0 Å². The van der Waals surface area contributed by atoms with Crippen molar-refractivity contribution in [1.82, 2.24) is 9.97 Å². The van der Waals surface area contributed by atoms with Gasteiger partial charge in [-0.3, -0.25) is 0 Å². The largest absolute Gasteiger partial charge is 0.390 e. The zero-order valence-corrected chi connectivity index (χ0v) is 12.2. The lowest BCUT2D eigenvalue weighted by Crippen LogP contribution is -2.15. The maximum absolute atomic E-state index is 14.0. The lowest BCUT2D eigenvalue weighted by molar-refractivity contribution is 0.349. The zero-order valence-electron chi connectivity index (χ0n) is 12.2. The van der Waals surface area contributed by atoms with Crippen LogP contribution in [0.3, 0.4) is 0 Å². The maximum Gasteiger partial charge on any atom is 0.222 e. The van der Waals surface area contributed by atoms with Crippen LogP contribution in [0.25, 0.3) is 10.9 Å². The van der Waals surface area contributed by atoms with Gasteiger partial charge in [-0.05, 0) is 24.5 Å². The normalized spacial score (nSPS) is 13.6. The third-order valence-electron chi connectivity index (χ3n) is 3.37. The standard InChI is InChI=1S/C15H19FN4O/c1-3-5-9(2)12(8-21)18-14-13-10(16)6-4-7-11(13)19-15(17)20-14/h4,6-7,9,21H,3,5,8H2,1-2H3,(H2,17,19,20)/t9-/m1/s1. The molecule has 1 heterocycles. The van der Waals surface area contributed by atoms with Crippen LogP contribution in [-0.4, -0.2) is 27.4 Å². The summed E-state index contributed by atoms with van der Waals surface area (Å²) in [5, 5.41) is 9.72. The van der Waals surface area contributed by atoms with E-state index in [1.165, 1.54) is 6.07 Å². The second-order valence-corrected chi connectivity index (χ2v) is 4.99. The lowest BCUT2D eigenvalue weighted by atomic mass is 10.0. The van der Waals surface area contributed by atoms with E-state index in [9.17, 15) is 9.50 Å². The van der Waals surface area contributed by atoms with E-state index in [4.69, 9.17) is 5.73 Å². The number of aliphatic hydroxyl groups excluding tert-OH is 1. The number of fused-ring (bicyclic) bond motifs is 1. The van der Waals surface area contributed by atoms with Crippen LogP contribution in [0, 0.1) is 11.7 Å². The first-order valence-corrected chi connectivity index (χ1v) is 6.96. The highest BCUT2D eigenvalue weighted by Gasteiger charge is 2.14. The molecule has 0 amide bonds. The van der Waals surface area contributed by atoms with E-state index in [0.29, 0.717) is 11.2 Å². The van der Waals surface area contributed by atoms with Crippen LogP contribution in [0.4, 0.5) is 16.2 Å². The fourth-order valence-electron chi connectivity index (χ4n) is 2.26. The highest BCUT2D eigenvalue weighted by Crippen LogP contribution is 2.27. The van der Waals surface area contributed by atoms with Gasteiger partial charge in [-0.25, -0.2) is 14.4 Å². The number of nitrogens with two attached hydrogens (primary N) is 1. The molecule has 0 saturated carbocycles. The Labute approximate surface area is 122 Å². The van der Waals surface area contributed by atoms with Crippen LogP contribution < -0.4 is 5.73 Å². The molecule has 21 heavy (non-hydrogen) atoms. The number of benzene rings is 1. The van der Waals surface area contributed by atoms with Gasteiger partial charge >= 0.3 is 0 Å². The molecular formula is C15H19FN4O. The summed E-state index contributed by atoms with van der Waals surface area (Å²) in [6, 6.07) is 4.54. The average molecular weight is 290 g/mol. The summed E-state index contributed by atoms with van der Waals surface area (Å²) < 4.78 is 14.0. The van der Waals surface area contributed by atoms with Gasteiger partial charge in [0.15, 0.2) is 5.82 Å². The van der Waals surface area contributed by atoms with Crippen LogP contribution >= 0.6 is 0 Å². The van der Waals surface area contributed by atoms with Gasteiger partial charge < -0.3 is 10.8 Å². The lowest BCUT2D eigenvalue weighted by Gasteiger charge is -2.12. The van der Waals surface area contributed by atoms with E-state index in [2.05, 4.69) is 21.9 Å². The van der Waals surface area contributed by atoms with E-state index in [1.54, 1.807) is 12.1 Å². The minimum Gasteiger partial charge on any atom is -0.390 e. The predicted octanol–water partition coefficient (Wildman–Crippen LogP) is 2.85. The van der Waals surface area contributed by atoms with Gasteiger partial charge in [0.25, 0.3) is 0 Å². The van der Waals surface area contributed by atoms with E-state index in [-0.39, 0.29) is 29.7 Å². The van der Waals surface area contributed by atoms with Gasteiger partial charge in [-0.1, -0.05) is 26.3 Å². The Morgan fingerprint density at radius 3 is 2.86 bits per heavy atom. The maximum atomic E-state index is 14.0. The fourth-order valence-corrected chi connectivity index (χ4v) is 2.26. The van der Waals surface area contributed by atoms with Gasteiger partial charge in [-0.2, -0.15) is 4.98 Å². The Balaban J connectivity index is 2.59. The number of anilines is 1. The molecule has 112 valence electrons. The Hall–Kier alpha value is -2.08. The predicted molar refractivity (Wildman–Crippen MR) is 82.2 cm³/mol. The van der Waals surface area contributed by atoms with Crippen molar-refractivity contribution in [2.75, 3.05) is 12.3 Å². The molecule has 0 aliphatic rings. The summed E-state index contributed by atoms with van der Waals surface area (Å²) in [5.74, 6) is -0.153. The summed E-state index contributed by atoms with van der Waals surface area (Å²) in [6.45, 7) is 3.84. The highest BCUT2D eigenvalue weighted by atomic mass is 19.1. The summed E-state index contributed by atoms with van der Waals surface area (Å²) >= 11 is 0. The molecule has 1 atom stereocenters. The first-order valence-electron chi connectivity index (χ1n) is 6.96. The van der Waals surface area contributed by atoms with Gasteiger partial charge in [0, 0.05) is 5.71 Å². The molecule has 0 saturated heterocycles. The van der Waals surface area contributed by atoms with Crippen molar-refractivity contribution in [2.24, 2.45) is 10.9 Å². The molecular weight excluding hydrogens is 271 g/mol. The van der Waals surface area contributed by atoms with Crippen LogP contribution in [0.1, 0.15) is 26.7 Å². The average Bonchev–Trinajstić information content (AvgIpc) is 2.44. The topological polar surface area (TPSA) is 84.4 Å². The summed E-state index contributed by atoms with van der Waals surface area (Å²) in [6.07, 6.45) is 1.86. The highest BCUT2D eigenvalue weighted by molar-refractivity contribution is 5.95. The second kappa shape index (κ2) is 6.58. The summed E-state index contributed by atoms with van der Waals surface area (Å²) in [5.41, 5.74) is 6.62. The molecule has 3 N–H and O–H groups in total. The van der Waals surface area contributed by atoms with Gasteiger partial charge in [0.05, 0.1) is 17.5 Å². The molecule has 0 spiro atoms. The minimum atomic E-state index is -0.452. The molecule has 0 aliphatic heterocycles. The van der Waals surface area contributed by atoms with E-state index in [1.807, 2.05) is 6.92 Å². The third-order valence-corrected chi connectivity index (χ3v) is 3.37. The minimum absolute atomic E-state index is 0.0345. The molecule has 2 aromatic rings. The molecule has 2 rings (SSSR count). The fraction of sp³-hybridized carbons (Fsp3) is 0.400. The number of aliphatic imine (C=N–C) groups is 1. The van der Waals surface area contributed by atoms with E-state index < -0.39 is 5.82 Å². The Morgan fingerprint density at radius 2 is 2.19 bits per heavy atom. The zero-order chi connectivity index (χ0) is 15.4. The van der Waals surface area contributed by atoms with Gasteiger partial charge in [-0.15, -0.1) is 0 Å². The molecule has 0 radical (unpaired) electrons. The number of halogens is 1. The molecule has 0 aliphatic carbocycles. The van der Waals surface area contributed by atoms with Crippen LogP contribution in [-0.2, 0) is 0 Å². The van der Waals surface area contributed by atoms with Crippen molar-refractivity contribution in [2.45, 2.75) is 26.7 Å². The number of rotatable bonds is 5. The first-order chi connectivity index (χ1) is 10.1. The molecule has 5 nitrogen and oxygen atoms in total. The number of aromatic nitrogens is 2. The van der Waals surface area contributed by atoms with E-state index >= 15 is 0 Å². The number of hydrogen-bond donors (Lipinski definition) is 2. The third kappa shape index (κ3) is 3.33. The monoisotopic (exact) mass is 290 g/mol. The van der Waals surface area contributed by atoms with Crippen molar-refractivity contribution >= 4 is 28.4 Å². The van der Waals surface area contributed by atoms with Crippen LogP contribution in [0.2, 0.25) is 0 Å². The Kier molecular flexibility index (Phi) is 4.80. The Morgan fingerprint density at radius 1 is 1.43 bits per heavy atom. The summed E-state index contributed by atoms with van der Waals surface area (Å²) in [4.78, 5) is 12.4. The molecule has 1 aromatic carbocycles. The second-order valence-electron chi connectivity index (χ2n) is 4.99. The smallest absolute Gasteiger partial charge is 0.222 e. The first kappa shape index (κ1) is 15.3. The van der Waals surface area contributed by atoms with E-state index in [0.717, 1.165) is 12.8 Å². The summed E-state index contributed by atoms with van der Waals surface area (Å²) in [7, 11) is 0. The van der Waals surface area contributed by atoms with Crippen LogP contribution in [0.5, 0.6) is 0 Å². The molecule has 0 bridgehead atoms.